The predicted octanol–water partition coefficient (Wildman–Crippen LogP) is 3.60. The minimum Gasteiger partial charge on any atom is -0.444 e. The normalized spacial score (nSPS) is 24.6. The number of carbonyl (C=O) groups is 1. The smallest absolute Gasteiger partial charge is 0.407 e. The summed E-state index contributed by atoms with van der Waals surface area (Å²) in [4.78, 5) is 31.4. The first-order valence-corrected chi connectivity index (χ1v) is 10.2. The first-order valence-electron chi connectivity index (χ1n) is 10.2. The Balaban J connectivity index is 1.88. The number of anilines is 1. The van der Waals surface area contributed by atoms with E-state index >= 15 is 0 Å². The number of aryl methyl sites for hydroxylation is 1. The van der Waals surface area contributed by atoms with E-state index < -0.39 is 5.60 Å². The van der Waals surface area contributed by atoms with Crippen LogP contribution in [0, 0.1) is 16.7 Å². The molecule has 1 amide bonds. The predicted molar refractivity (Wildman–Crippen MR) is 109 cm³/mol. The van der Waals surface area contributed by atoms with Crippen molar-refractivity contribution in [2.24, 2.45) is 11.8 Å². The van der Waals surface area contributed by atoms with Gasteiger partial charge in [0, 0.05) is 34.0 Å². The van der Waals surface area contributed by atoms with Crippen LogP contribution in [0.15, 0.2) is 6.20 Å². The van der Waals surface area contributed by atoms with Crippen molar-refractivity contribution in [2.45, 2.75) is 65.5 Å². The summed E-state index contributed by atoms with van der Waals surface area (Å²) in [6, 6.07) is -0.0476. The Hall–Kier alpha value is -2.18. The number of rotatable bonds is 3. The molecule has 1 aliphatic heterocycles. The Morgan fingerprint density at radius 1 is 1.29 bits per heavy atom. The van der Waals surface area contributed by atoms with Crippen LogP contribution in [-0.2, 0) is 17.6 Å². The average Bonchev–Trinajstić information content (AvgIpc) is 3.04. The van der Waals surface area contributed by atoms with Gasteiger partial charge in [-0.05, 0) is 51.9 Å². The Bertz CT molecular complexity index is 772. The minimum absolute atomic E-state index is 0.0476. The lowest BCUT2D eigenvalue weighted by Crippen LogP contribution is -2.56. The van der Waals surface area contributed by atoms with Crippen LogP contribution in [0.3, 0.4) is 0 Å². The Labute approximate surface area is 167 Å². The van der Waals surface area contributed by atoms with Gasteiger partial charge < -0.3 is 15.0 Å². The average molecular weight is 390 g/mol. The van der Waals surface area contributed by atoms with Crippen LogP contribution in [0.25, 0.3) is 0 Å². The molecule has 1 aliphatic carbocycles. The zero-order valence-electron chi connectivity index (χ0n) is 17.9. The third kappa shape index (κ3) is 4.28. The van der Waals surface area contributed by atoms with Crippen molar-refractivity contribution < 1.29 is 14.3 Å². The molecule has 28 heavy (non-hydrogen) atoms. The second-order valence-corrected chi connectivity index (χ2v) is 9.26. The molecule has 2 aliphatic rings. The van der Waals surface area contributed by atoms with E-state index in [2.05, 4.69) is 29.0 Å². The summed E-state index contributed by atoms with van der Waals surface area (Å²) in [6.07, 6.45) is 4.29. The summed E-state index contributed by atoms with van der Waals surface area (Å²) < 4.78 is 6.37. The van der Waals surface area contributed by atoms with Gasteiger partial charge in [-0.3, -0.25) is 4.98 Å². The molecule has 7 heteroatoms. The molecule has 1 saturated heterocycles. The number of fused-ring (bicyclic) bond motifs is 1. The van der Waals surface area contributed by atoms with Crippen molar-refractivity contribution in [3.63, 3.8) is 0 Å². The monoisotopic (exact) mass is 389 g/mol. The fourth-order valence-electron chi connectivity index (χ4n) is 4.27. The molecule has 0 aromatic carbocycles. The molecular weight excluding hydrogens is 356 g/mol. The Morgan fingerprint density at radius 2 is 2.00 bits per heavy atom. The maximum absolute atomic E-state index is 12.4. The molecule has 2 heterocycles. The molecule has 1 aromatic heterocycles. The number of piperidine rings is 1. The molecule has 0 bridgehead atoms. The number of ether oxygens (including phenoxy) is 1. The molecule has 3 rings (SSSR count). The summed E-state index contributed by atoms with van der Waals surface area (Å²) in [5.41, 5.74) is 3.37. The van der Waals surface area contributed by atoms with E-state index in [1.165, 1.54) is 12.6 Å². The van der Waals surface area contributed by atoms with Crippen molar-refractivity contribution in [3.05, 3.63) is 22.4 Å². The van der Waals surface area contributed by atoms with Gasteiger partial charge in [-0.15, -0.1) is 0 Å². The number of alkyl carbamates (subject to hydrolysis) is 1. The van der Waals surface area contributed by atoms with Gasteiger partial charge in [-0.25, -0.2) is 4.79 Å². The quantitative estimate of drug-likeness (QED) is 0.800. The van der Waals surface area contributed by atoms with Gasteiger partial charge in [0.2, 0.25) is 0 Å². The summed E-state index contributed by atoms with van der Waals surface area (Å²) in [7, 11) is 1.52. The molecule has 3 atom stereocenters. The molecule has 0 radical (unpaired) electrons. The van der Waals surface area contributed by atoms with Crippen LogP contribution in [0.2, 0.25) is 0 Å². The van der Waals surface area contributed by atoms with Crippen LogP contribution >= 0.6 is 0 Å². The highest BCUT2D eigenvalue weighted by Gasteiger charge is 2.38. The second-order valence-electron chi connectivity index (χ2n) is 9.26. The van der Waals surface area contributed by atoms with Crippen molar-refractivity contribution >= 4 is 17.5 Å². The van der Waals surface area contributed by atoms with E-state index in [0.29, 0.717) is 24.1 Å². The number of carbonyl (C=O) groups excluding carboxylic acids is 1. The summed E-state index contributed by atoms with van der Waals surface area (Å²) >= 11 is 0. The third-order valence-electron chi connectivity index (χ3n) is 5.88. The van der Waals surface area contributed by atoms with Crippen LogP contribution < -0.4 is 10.2 Å². The van der Waals surface area contributed by atoms with Gasteiger partial charge in [0.15, 0.2) is 7.05 Å². The number of hydrogen-bond acceptors (Lipinski definition) is 5. The molecule has 1 N–H and O–H groups in total. The number of hydrogen-bond donors (Lipinski definition) is 1. The SMILES string of the molecule is C[C@@H]1[C@@H](C)CN(c2c([N+](C)=O)cnc3c2CCC3)C[C@H]1NC(=O)OC(C)(C)C. The molecule has 0 unspecified atom stereocenters. The van der Waals surface area contributed by atoms with Crippen LogP contribution in [0.5, 0.6) is 0 Å². The zero-order chi connectivity index (χ0) is 20.6. The fraction of sp³-hybridized carbons (Fsp3) is 0.714. The van der Waals surface area contributed by atoms with Crippen LogP contribution in [0.4, 0.5) is 16.2 Å². The van der Waals surface area contributed by atoms with Gasteiger partial charge in [-0.1, -0.05) is 13.8 Å². The number of amides is 1. The van der Waals surface area contributed by atoms with E-state index in [9.17, 15) is 9.70 Å². The van der Waals surface area contributed by atoms with E-state index in [4.69, 9.17) is 4.74 Å². The van der Waals surface area contributed by atoms with E-state index in [1.54, 1.807) is 6.20 Å². The first-order chi connectivity index (χ1) is 13.1. The summed E-state index contributed by atoms with van der Waals surface area (Å²) in [6.45, 7) is 11.5. The lowest BCUT2D eigenvalue weighted by Gasteiger charge is -2.42. The summed E-state index contributed by atoms with van der Waals surface area (Å²) in [5.74, 6) is 0.677. The number of pyridine rings is 1. The minimum atomic E-state index is -0.530. The lowest BCUT2D eigenvalue weighted by molar-refractivity contribution is -0.427. The highest BCUT2D eigenvalue weighted by molar-refractivity contribution is 5.71. The highest BCUT2D eigenvalue weighted by atomic mass is 16.6. The van der Waals surface area contributed by atoms with Crippen molar-refractivity contribution in [1.29, 1.82) is 0 Å². The van der Waals surface area contributed by atoms with E-state index in [1.807, 2.05) is 20.8 Å². The van der Waals surface area contributed by atoms with Gasteiger partial charge in [0.05, 0.1) is 6.04 Å². The lowest BCUT2D eigenvalue weighted by atomic mass is 9.84. The number of nitrogens with one attached hydrogen (secondary N) is 1. The Kier molecular flexibility index (Phi) is 5.64. The molecule has 154 valence electrons. The van der Waals surface area contributed by atoms with E-state index in [-0.39, 0.29) is 12.1 Å². The molecule has 1 fully saturated rings. The van der Waals surface area contributed by atoms with Crippen molar-refractivity contribution in [2.75, 3.05) is 25.0 Å². The number of nitrogens with zero attached hydrogens (tertiary/aromatic N) is 3. The first kappa shape index (κ1) is 20.6. The van der Waals surface area contributed by atoms with Crippen LogP contribution in [-0.4, -0.2) is 47.6 Å². The topological polar surface area (TPSA) is 74.5 Å². The van der Waals surface area contributed by atoms with Crippen molar-refractivity contribution in [3.8, 4) is 0 Å². The molecular formula is C21H33N4O3+. The van der Waals surface area contributed by atoms with Gasteiger partial charge in [0.1, 0.15) is 17.5 Å². The summed E-state index contributed by atoms with van der Waals surface area (Å²) in [5, 5.41) is 3.06. The molecule has 7 nitrogen and oxygen atoms in total. The second kappa shape index (κ2) is 7.68. The Morgan fingerprint density at radius 3 is 2.64 bits per heavy atom. The maximum atomic E-state index is 12.4. The standard InChI is InChI=1S/C21H32N4O3/c1-13-11-25(12-17(14(13)2)23-20(26)28-21(3,4)5)19-15-8-7-9-16(15)22-10-18(19)24(6)27/h10,13-14,17H,7-9,11-12H2,1-6H3/p+1/t13-,14+,17+/m0/s1. The van der Waals surface area contributed by atoms with Gasteiger partial charge >= 0.3 is 6.09 Å². The van der Waals surface area contributed by atoms with E-state index in [0.717, 1.165) is 41.9 Å². The van der Waals surface area contributed by atoms with Gasteiger partial charge in [-0.2, -0.15) is 0 Å². The zero-order valence-corrected chi connectivity index (χ0v) is 17.9. The molecule has 1 aromatic rings. The molecule has 0 spiro atoms. The largest absolute Gasteiger partial charge is 0.444 e. The third-order valence-corrected chi connectivity index (χ3v) is 5.88. The van der Waals surface area contributed by atoms with Gasteiger partial charge in [0.25, 0.3) is 5.69 Å². The fourth-order valence-corrected chi connectivity index (χ4v) is 4.27. The maximum Gasteiger partial charge on any atom is 0.407 e. The highest BCUT2D eigenvalue weighted by Crippen LogP contribution is 2.39. The number of nitroso groups, excluding NO2 is 1. The van der Waals surface area contributed by atoms with Crippen molar-refractivity contribution in [1.82, 2.24) is 10.3 Å². The molecule has 0 saturated carbocycles. The van der Waals surface area contributed by atoms with Crippen LogP contribution in [0.1, 0.15) is 52.3 Å². The number of aromatic nitrogens is 1.